The number of imidazole rings is 1. The first-order valence-corrected chi connectivity index (χ1v) is 7.08. The molecule has 92 valence electrons. The van der Waals surface area contributed by atoms with Gasteiger partial charge in [0, 0.05) is 9.26 Å². The highest BCUT2D eigenvalue weighted by Crippen LogP contribution is 2.21. The molecular weight excluding hydrogens is 369 g/mol. The van der Waals surface area contributed by atoms with Gasteiger partial charge in [0.05, 0.1) is 22.7 Å². The fourth-order valence-corrected chi connectivity index (χ4v) is 2.83. The summed E-state index contributed by atoms with van der Waals surface area (Å²) in [4.78, 5) is 3.20. The Morgan fingerprint density at radius 1 is 1.16 bits per heavy atom. The van der Waals surface area contributed by atoms with Crippen LogP contribution in [0.4, 0.5) is 0 Å². The predicted octanol–water partition coefficient (Wildman–Crippen LogP) is 4.16. The van der Waals surface area contributed by atoms with Gasteiger partial charge in [-0.25, -0.2) is 0 Å². The van der Waals surface area contributed by atoms with Gasteiger partial charge in [0.2, 0.25) is 0 Å². The second-order valence-electron chi connectivity index (χ2n) is 4.09. The molecule has 0 spiro atoms. The molecule has 0 saturated carbocycles. The zero-order valence-corrected chi connectivity index (χ0v) is 12.7. The molecule has 5 heteroatoms. The van der Waals surface area contributed by atoms with Crippen LogP contribution in [0.25, 0.3) is 16.7 Å². The van der Waals surface area contributed by atoms with Gasteiger partial charge in [-0.05, 0) is 77.3 Å². The van der Waals surface area contributed by atoms with Gasteiger partial charge in [0.25, 0.3) is 0 Å². The van der Waals surface area contributed by atoms with E-state index in [1.165, 1.54) is 0 Å². The Kier molecular flexibility index (Phi) is 3.12. The monoisotopic (exact) mass is 377 g/mol. The van der Waals surface area contributed by atoms with Crippen LogP contribution in [0.3, 0.4) is 0 Å². The normalized spacial score (nSPS) is 10.5. The molecule has 1 heterocycles. The Morgan fingerprint density at radius 3 is 2.58 bits per heavy atom. The smallest absolute Gasteiger partial charge is 0.182 e. The Morgan fingerprint density at radius 2 is 1.89 bits per heavy atom. The number of rotatable bonds is 1. The van der Waals surface area contributed by atoms with Gasteiger partial charge in [-0.3, -0.25) is 4.57 Å². The Bertz CT molecular complexity index is 853. The van der Waals surface area contributed by atoms with E-state index in [2.05, 4.69) is 39.7 Å². The molecule has 0 aliphatic carbocycles. The number of benzene rings is 2. The van der Waals surface area contributed by atoms with Gasteiger partial charge in [-0.2, -0.15) is 5.26 Å². The van der Waals surface area contributed by atoms with Crippen molar-refractivity contribution in [3.05, 3.63) is 56.4 Å². The molecule has 0 unspecified atom stereocenters. The zero-order valence-electron chi connectivity index (χ0n) is 9.72. The first-order chi connectivity index (χ1) is 9.19. The summed E-state index contributed by atoms with van der Waals surface area (Å²) in [6, 6.07) is 15.7. The van der Waals surface area contributed by atoms with Crippen molar-refractivity contribution in [2.24, 2.45) is 0 Å². The van der Waals surface area contributed by atoms with E-state index in [9.17, 15) is 0 Å². The molecule has 1 aromatic heterocycles. The summed E-state index contributed by atoms with van der Waals surface area (Å²) in [6.07, 6.45) is 0. The standard InChI is InChI=1S/C14H8IN3S/c15-10-3-6-13-12(7-10)17-14(19)18(13)11-4-1-9(8-16)2-5-11/h1-7H,(H,17,19). The van der Waals surface area contributed by atoms with Crippen molar-refractivity contribution in [2.45, 2.75) is 0 Å². The zero-order chi connectivity index (χ0) is 13.4. The van der Waals surface area contributed by atoms with Crippen molar-refractivity contribution in [1.82, 2.24) is 9.55 Å². The van der Waals surface area contributed by atoms with Crippen LogP contribution in [-0.4, -0.2) is 9.55 Å². The van der Waals surface area contributed by atoms with E-state index in [-0.39, 0.29) is 0 Å². The lowest BCUT2D eigenvalue weighted by molar-refractivity contribution is 1.06. The molecule has 3 rings (SSSR count). The molecule has 2 aromatic carbocycles. The molecule has 3 nitrogen and oxygen atoms in total. The van der Waals surface area contributed by atoms with E-state index in [1.807, 2.05) is 28.8 Å². The quantitative estimate of drug-likeness (QED) is 0.511. The van der Waals surface area contributed by atoms with Gasteiger partial charge >= 0.3 is 0 Å². The minimum absolute atomic E-state index is 0.643. The molecular formula is C14H8IN3S. The summed E-state index contributed by atoms with van der Waals surface area (Å²) >= 11 is 7.65. The molecule has 3 aromatic rings. The highest BCUT2D eigenvalue weighted by molar-refractivity contribution is 14.1. The van der Waals surface area contributed by atoms with Crippen LogP contribution in [0.1, 0.15) is 5.56 Å². The van der Waals surface area contributed by atoms with Gasteiger partial charge in [0.1, 0.15) is 0 Å². The summed E-state index contributed by atoms with van der Waals surface area (Å²) in [6.45, 7) is 0. The van der Waals surface area contributed by atoms with E-state index in [4.69, 9.17) is 17.5 Å². The summed E-state index contributed by atoms with van der Waals surface area (Å²) in [5.74, 6) is 0. The van der Waals surface area contributed by atoms with Gasteiger partial charge in [-0.15, -0.1) is 0 Å². The fraction of sp³-hybridized carbons (Fsp3) is 0. The molecule has 0 bridgehead atoms. The van der Waals surface area contributed by atoms with Crippen molar-refractivity contribution < 1.29 is 0 Å². The maximum absolute atomic E-state index is 8.83. The number of H-pyrrole nitrogens is 1. The van der Waals surface area contributed by atoms with Crippen molar-refractivity contribution in [1.29, 1.82) is 5.26 Å². The second kappa shape index (κ2) is 4.79. The first kappa shape index (κ1) is 12.4. The van der Waals surface area contributed by atoms with Crippen LogP contribution in [0.5, 0.6) is 0 Å². The second-order valence-corrected chi connectivity index (χ2v) is 5.72. The highest BCUT2D eigenvalue weighted by Gasteiger charge is 2.06. The molecule has 0 aliphatic rings. The summed E-state index contributed by atoms with van der Waals surface area (Å²) in [5, 5.41) is 8.83. The van der Waals surface area contributed by atoms with E-state index in [0.717, 1.165) is 20.3 Å². The van der Waals surface area contributed by atoms with E-state index < -0.39 is 0 Å². The minimum atomic E-state index is 0.643. The van der Waals surface area contributed by atoms with Crippen molar-refractivity contribution in [3.63, 3.8) is 0 Å². The van der Waals surface area contributed by atoms with Crippen LogP contribution in [0.15, 0.2) is 42.5 Å². The van der Waals surface area contributed by atoms with E-state index in [0.29, 0.717) is 10.3 Å². The molecule has 0 fully saturated rings. The first-order valence-electron chi connectivity index (χ1n) is 5.60. The molecule has 1 N–H and O–H groups in total. The lowest BCUT2D eigenvalue weighted by atomic mass is 10.2. The third-order valence-electron chi connectivity index (χ3n) is 2.90. The number of halogens is 1. The third kappa shape index (κ3) is 2.17. The molecule has 19 heavy (non-hydrogen) atoms. The number of hydrogen-bond acceptors (Lipinski definition) is 2. The maximum Gasteiger partial charge on any atom is 0.182 e. The van der Waals surface area contributed by atoms with Crippen molar-refractivity contribution in [3.8, 4) is 11.8 Å². The summed E-state index contributed by atoms with van der Waals surface area (Å²) in [5.41, 5.74) is 3.65. The van der Waals surface area contributed by atoms with Crippen molar-refractivity contribution >= 4 is 45.8 Å². The molecule has 0 atom stereocenters. The molecule has 0 aliphatic heterocycles. The maximum atomic E-state index is 8.83. The predicted molar refractivity (Wildman–Crippen MR) is 85.9 cm³/mol. The number of hydrogen-bond donors (Lipinski definition) is 1. The largest absolute Gasteiger partial charge is 0.330 e. The number of nitrogens with one attached hydrogen (secondary N) is 1. The van der Waals surface area contributed by atoms with Crippen LogP contribution >= 0.6 is 34.8 Å². The number of aromatic nitrogens is 2. The number of nitrogens with zero attached hydrogens (tertiary/aromatic N) is 2. The van der Waals surface area contributed by atoms with Crippen LogP contribution in [0.2, 0.25) is 0 Å². The Hall–Kier alpha value is -1.65. The van der Waals surface area contributed by atoms with Crippen molar-refractivity contribution in [2.75, 3.05) is 0 Å². The summed E-state index contributed by atoms with van der Waals surface area (Å²) in [7, 11) is 0. The van der Waals surface area contributed by atoms with E-state index >= 15 is 0 Å². The van der Waals surface area contributed by atoms with Gasteiger partial charge in [0.15, 0.2) is 4.77 Å². The van der Waals surface area contributed by atoms with Gasteiger partial charge in [-0.1, -0.05) is 0 Å². The lowest BCUT2D eigenvalue weighted by Crippen LogP contribution is -1.93. The third-order valence-corrected chi connectivity index (χ3v) is 3.85. The fourth-order valence-electron chi connectivity index (χ4n) is 2.03. The topological polar surface area (TPSA) is 44.5 Å². The molecule has 0 saturated heterocycles. The molecule has 0 radical (unpaired) electrons. The number of nitriles is 1. The lowest BCUT2D eigenvalue weighted by Gasteiger charge is -2.04. The van der Waals surface area contributed by atoms with Crippen LogP contribution in [-0.2, 0) is 0 Å². The number of aromatic amines is 1. The average molecular weight is 377 g/mol. The Balaban J connectivity index is 2.27. The molecule has 0 amide bonds. The van der Waals surface area contributed by atoms with Crippen LogP contribution in [0, 0.1) is 19.7 Å². The van der Waals surface area contributed by atoms with Crippen LogP contribution < -0.4 is 0 Å². The van der Waals surface area contributed by atoms with E-state index in [1.54, 1.807) is 12.1 Å². The highest BCUT2D eigenvalue weighted by atomic mass is 127. The minimum Gasteiger partial charge on any atom is -0.330 e. The number of fused-ring (bicyclic) bond motifs is 1. The SMILES string of the molecule is N#Cc1ccc(-n2c(=S)[nH]c3cc(I)ccc32)cc1. The average Bonchev–Trinajstić information content (AvgIpc) is 2.74. The Labute approximate surface area is 128 Å². The van der Waals surface area contributed by atoms with Gasteiger partial charge < -0.3 is 4.98 Å². The summed E-state index contributed by atoms with van der Waals surface area (Å²) < 4.78 is 3.79.